The Bertz CT molecular complexity index is 892. The van der Waals surface area contributed by atoms with Crippen LogP contribution in [0.4, 0.5) is 0 Å². The van der Waals surface area contributed by atoms with Crippen molar-refractivity contribution in [3.05, 3.63) is 47.5 Å². The molecule has 2 N–H and O–H groups in total. The largest absolute Gasteiger partial charge is 0.480 e. The smallest absolute Gasteiger partial charge is 0.322 e. The average Bonchev–Trinajstić information content (AvgIpc) is 2.99. The Hall–Kier alpha value is -2.89. The molecule has 2 atom stereocenters. The highest BCUT2D eigenvalue weighted by molar-refractivity contribution is 5.92. The molecule has 0 aromatic heterocycles. The van der Waals surface area contributed by atoms with Gasteiger partial charge in [0, 0.05) is 12.8 Å². The number of hydrogen-bond acceptors (Lipinski definition) is 3. The highest BCUT2D eigenvalue weighted by Gasteiger charge is 2.44. The Kier molecular flexibility index (Phi) is 3.67. The van der Waals surface area contributed by atoms with Crippen LogP contribution >= 0.6 is 0 Å². The number of carbonyl (C=O) groups is 3. The number of benzene rings is 2. The average molecular weight is 338 g/mol. The van der Waals surface area contributed by atoms with Gasteiger partial charge in [-0.1, -0.05) is 30.3 Å². The van der Waals surface area contributed by atoms with Crippen molar-refractivity contribution in [1.29, 1.82) is 0 Å². The van der Waals surface area contributed by atoms with Crippen LogP contribution < -0.4 is 5.32 Å². The van der Waals surface area contributed by atoms with Gasteiger partial charge in [0.25, 0.3) is 0 Å². The van der Waals surface area contributed by atoms with Crippen molar-refractivity contribution in [3.63, 3.8) is 0 Å². The first kappa shape index (κ1) is 15.6. The van der Waals surface area contributed by atoms with Crippen molar-refractivity contribution in [3.8, 4) is 0 Å². The lowest BCUT2D eigenvalue weighted by Gasteiger charge is -2.38. The molecule has 2 heterocycles. The summed E-state index contributed by atoms with van der Waals surface area (Å²) in [6, 6.07) is 11.5. The molecule has 4 rings (SSSR count). The molecule has 1 saturated heterocycles. The topological polar surface area (TPSA) is 86.7 Å². The highest BCUT2D eigenvalue weighted by atomic mass is 16.4. The first-order valence-corrected chi connectivity index (χ1v) is 8.37. The molecule has 0 saturated carbocycles. The molecular weight excluding hydrogens is 320 g/mol. The minimum absolute atomic E-state index is 0.0423. The normalized spacial score (nSPS) is 21.8. The summed E-state index contributed by atoms with van der Waals surface area (Å²) in [4.78, 5) is 37.2. The van der Waals surface area contributed by atoms with Gasteiger partial charge in [0.15, 0.2) is 0 Å². The number of amides is 2. The Morgan fingerprint density at radius 3 is 2.64 bits per heavy atom. The zero-order valence-corrected chi connectivity index (χ0v) is 13.6. The number of carbonyl (C=O) groups excluding carboxylic acids is 2. The summed E-state index contributed by atoms with van der Waals surface area (Å²) in [6.07, 6.45) is 1.51. The number of nitrogens with one attached hydrogen (secondary N) is 1. The number of rotatable bonds is 3. The molecule has 0 bridgehead atoms. The van der Waals surface area contributed by atoms with Crippen LogP contribution in [0.2, 0.25) is 0 Å². The standard InChI is InChI=1S/C19H18N2O4/c22-17-6-5-15-14-8-12-4-2-1-3-11(12)7-13(14)9-16(21(15)17)19(25)20-10-18(23)24/h1-4,7-8,15-16H,5-6,9-10H2,(H,20,25)(H,23,24)/t15-,16+/m1/s1. The molecule has 0 spiro atoms. The summed E-state index contributed by atoms with van der Waals surface area (Å²) >= 11 is 0. The second-order valence-corrected chi connectivity index (χ2v) is 6.59. The maximum Gasteiger partial charge on any atom is 0.322 e. The van der Waals surface area contributed by atoms with E-state index in [9.17, 15) is 14.4 Å². The van der Waals surface area contributed by atoms with Gasteiger partial charge in [0.05, 0.1) is 6.04 Å². The van der Waals surface area contributed by atoms with E-state index in [-0.39, 0.29) is 11.9 Å². The Morgan fingerprint density at radius 2 is 1.92 bits per heavy atom. The van der Waals surface area contributed by atoms with E-state index >= 15 is 0 Å². The number of fused-ring (bicyclic) bond motifs is 4. The minimum Gasteiger partial charge on any atom is -0.480 e. The van der Waals surface area contributed by atoms with Crippen LogP contribution in [-0.4, -0.2) is 40.4 Å². The third-order valence-corrected chi connectivity index (χ3v) is 5.09. The van der Waals surface area contributed by atoms with Crippen molar-refractivity contribution < 1.29 is 19.5 Å². The Labute approximate surface area is 144 Å². The first-order chi connectivity index (χ1) is 12.0. The predicted octanol–water partition coefficient (Wildman–Crippen LogP) is 1.63. The Balaban J connectivity index is 1.74. The predicted molar refractivity (Wildman–Crippen MR) is 90.9 cm³/mol. The maximum absolute atomic E-state index is 12.5. The molecule has 2 aromatic carbocycles. The molecule has 128 valence electrons. The van der Waals surface area contributed by atoms with E-state index in [1.54, 1.807) is 4.90 Å². The molecule has 1 fully saturated rings. The molecule has 0 radical (unpaired) electrons. The van der Waals surface area contributed by atoms with Crippen molar-refractivity contribution in [2.24, 2.45) is 0 Å². The van der Waals surface area contributed by atoms with E-state index in [1.165, 1.54) is 0 Å². The van der Waals surface area contributed by atoms with E-state index < -0.39 is 24.5 Å². The first-order valence-electron chi connectivity index (χ1n) is 8.37. The molecule has 6 heteroatoms. The van der Waals surface area contributed by atoms with Gasteiger partial charge in [-0.15, -0.1) is 0 Å². The van der Waals surface area contributed by atoms with Gasteiger partial charge in [0.1, 0.15) is 12.6 Å². The van der Waals surface area contributed by atoms with Gasteiger partial charge >= 0.3 is 5.97 Å². The van der Waals surface area contributed by atoms with Crippen LogP contribution in [0.3, 0.4) is 0 Å². The van der Waals surface area contributed by atoms with Gasteiger partial charge < -0.3 is 15.3 Å². The van der Waals surface area contributed by atoms with Crippen LogP contribution in [0.5, 0.6) is 0 Å². The SMILES string of the molecule is O=C(O)CNC(=O)[C@@H]1Cc2cc3ccccc3cc2[C@H]2CCC(=O)N21. The second kappa shape index (κ2) is 5.88. The zero-order chi connectivity index (χ0) is 17.6. The van der Waals surface area contributed by atoms with E-state index in [1.807, 2.05) is 24.3 Å². The molecule has 2 aliphatic heterocycles. The third-order valence-electron chi connectivity index (χ3n) is 5.09. The highest BCUT2D eigenvalue weighted by Crippen LogP contribution is 2.42. The van der Waals surface area contributed by atoms with Crippen molar-refractivity contribution in [2.75, 3.05) is 6.54 Å². The van der Waals surface area contributed by atoms with Gasteiger partial charge in [-0.25, -0.2) is 0 Å². The van der Waals surface area contributed by atoms with Crippen molar-refractivity contribution in [1.82, 2.24) is 10.2 Å². The van der Waals surface area contributed by atoms with Gasteiger partial charge in [-0.3, -0.25) is 14.4 Å². The molecule has 0 unspecified atom stereocenters. The monoisotopic (exact) mass is 338 g/mol. The van der Waals surface area contributed by atoms with Crippen molar-refractivity contribution in [2.45, 2.75) is 31.3 Å². The van der Waals surface area contributed by atoms with Gasteiger partial charge in [-0.05, 0) is 34.4 Å². The lowest BCUT2D eigenvalue weighted by Crippen LogP contribution is -2.52. The second-order valence-electron chi connectivity index (χ2n) is 6.59. The molecule has 0 aliphatic carbocycles. The van der Waals surface area contributed by atoms with Gasteiger partial charge in [0.2, 0.25) is 11.8 Å². The summed E-state index contributed by atoms with van der Waals surface area (Å²) in [5.74, 6) is -1.54. The fourth-order valence-electron chi connectivity index (χ4n) is 4.00. The molecule has 2 aromatic rings. The number of aliphatic carboxylic acids is 1. The Morgan fingerprint density at radius 1 is 1.20 bits per heavy atom. The number of carboxylic acid groups (broad SMARTS) is 1. The van der Waals surface area contributed by atoms with Crippen LogP contribution in [0, 0.1) is 0 Å². The lowest BCUT2D eigenvalue weighted by atomic mass is 9.86. The number of nitrogens with zero attached hydrogens (tertiary/aromatic N) is 1. The summed E-state index contributed by atoms with van der Waals surface area (Å²) < 4.78 is 0. The molecule has 2 aliphatic rings. The minimum atomic E-state index is -1.10. The summed E-state index contributed by atoms with van der Waals surface area (Å²) in [5, 5.41) is 13.4. The van der Waals surface area contributed by atoms with Crippen LogP contribution in [0.1, 0.15) is 30.0 Å². The van der Waals surface area contributed by atoms with Crippen LogP contribution in [0.25, 0.3) is 10.8 Å². The van der Waals surface area contributed by atoms with Crippen molar-refractivity contribution >= 4 is 28.6 Å². The van der Waals surface area contributed by atoms with Crippen LogP contribution in [-0.2, 0) is 20.8 Å². The fraction of sp³-hybridized carbons (Fsp3) is 0.316. The van der Waals surface area contributed by atoms with E-state index in [0.29, 0.717) is 19.3 Å². The van der Waals surface area contributed by atoms with E-state index in [2.05, 4.69) is 17.4 Å². The third kappa shape index (κ3) is 2.63. The maximum atomic E-state index is 12.5. The quantitative estimate of drug-likeness (QED) is 0.890. The summed E-state index contributed by atoms with van der Waals surface area (Å²) in [6.45, 7) is -0.438. The zero-order valence-electron chi connectivity index (χ0n) is 13.6. The molecule has 6 nitrogen and oxygen atoms in total. The van der Waals surface area contributed by atoms with E-state index in [4.69, 9.17) is 5.11 Å². The van der Waals surface area contributed by atoms with Crippen LogP contribution in [0.15, 0.2) is 36.4 Å². The number of hydrogen-bond donors (Lipinski definition) is 2. The molecule has 25 heavy (non-hydrogen) atoms. The number of carboxylic acids is 1. The molecular formula is C19H18N2O4. The molecule has 2 amide bonds. The summed E-state index contributed by atoms with van der Waals surface area (Å²) in [7, 11) is 0. The van der Waals surface area contributed by atoms with E-state index in [0.717, 1.165) is 21.9 Å². The fourth-order valence-corrected chi connectivity index (χ4v) is 4.00. The summed E-state index contributed by atoms with van der Waals surface area (Å²) in [5.41, 5.74) is 2.16. The van der Waals surface area contributed by atoms with Gasteiger partial charge in [-0.2, -0.15) is 0 Å². The lowest BCUT2D eigenvalue weighted by molar-refractivity contribution is -0.142.